The van der Waals surface area contributed by atoms with Crippen molar-refractivity contribution in [2.24, 2.45) is 0 Å². The number of nitrogens with one attached hydrogen (secondary N) is 3. The number of aromatic amines is 1. The van der Waals surface area contributed by atoms with E-state index in [1.165, 1.54) is 5.56 Å². The van der Waals surface area contributed by atoms with Gasteiger partial charge in [0.25, 0.3) is 15.8 Å². The highest BCUT2D eigenvalue weighted by atomic mass is 32.2. The van der Waals surface area contributed by atoms with Crippen LogP contribution in [0.5, 0.6) is 0 Å². The maximum absolute atomic E-state index is 12.1. The number of hydrogen-bond acceptors (Lipinski definition) is 3. The van der Waals surface area contributed by atoms with Crippen LogP contribution < -0.4 is 15.0 Å². The highest BCUT2D eigenvalue weighted by molar-refractivity contribution is 7.87. The fourth-order valence-electron chi connectivity index (χ4n) is 2.38. The number of aromatic nitrogens is 1. The predicted molar refractivity (Wildman–Crippen MR) is 93.0 cm³/mol. The van der Waals surface area contributed by atoms with Gasteiger partial charge in [-0.05, 0) is 41.5 Å². The van der Waals surface area contributed by atoms with Gasteiger partial charge in [-0.15, -0.1) is 0 Å². The van der Waals surface area contributed by atoms with Crippen molar-refractivity contribution >= 4 is 21.1 Å². The van der Waals surface area contributed by atoms with Crippen molar-refractivity contribution in [3.63, 3.8) is 0 Å². The molecule has 0 atom stereocenters. The van der Waals surface area contributed by atoms with E-state index in [0.29, 0.717) is 24.4 Å². The van der Waals surface area contributed by atoms with Gasteiger partial charge in [0.1, 0.15) is 0 Å². The molecule has 1 heterocycles. The van der Waals surface area contributed by atoms with Gasteiger partial charge in [-0.3, -0.25) is 4.79 Å². The number of hydrogen-bond donors (Lipinski definition) is 3. The van der Waals surface area contributed by atoms with Crippen LogP contribution in [0.15, 0.2) is 29.1 Å². The molecule has 6 nitrogen and oxygen atoms in total. The first-order valence-corrected chi connectivity index (χ1v) is 9.21. The van der Waals surface area contributed by atoms with Crippen molar-refractivity contribution in [2.75, 3.05) is 13.1 Å². The first-order valence-electron chi connectivity index (χ1n) is 7.72. The Hall–Kier alpha value is -1.70. The van der Waals surface area contributed by atoms with Crippen LogP contribution in [0.3, 0.4) is 0 Å². The van der Waals surface area contributed by atoms with Crippen molar-refractivity contribution in [2.45, 2.75) is 33.1 Å². The second kappa shape index (κ2) is 7.25. The SMILES string of the molecule is CCNS(=O)(=O)NCCc1cc2cc(C(C)C)ccc2[nH]c1=O. The zero-order valence-corrected chi connectivity index (χ0v) is 14.5. The number of fused-ring (bicyclic) bond motifs is 1. The molecule has 0 aliphatic carbocycles. The number of pyridine rings is 1. The van der Waals surface area contributed by atoms with Gasteiger partial charge in [0, 0.05) is 24.2 Å². The molecule has 23 heavy (non-hydrogen) atoms. The highest BCUT2D eigenvalue weighted by Crippen LogP contribution is 2.20. The lowest BCUT2D eigenvalue weighted by Crippen LogP contribution is -2.37. The van der Waals surface area contributed by atoms with Crippen molar-refractivity contribution in [3.05, 3.63) is 45.7 Å². The van der Waals surface area contributed by atoms with Crippen LogP contribution in [0.1, 0.15) is 37.8 Å². The molecule has 0 bridgehead atoms. The van der Waals surface area contributed by atoms with Gasteiger partial charge in [-0.1, -0.05) is 26.8 Å². The summed E-state index contributed by atoms with van der Waals surface area (Å²) in [4.78, 5) is 14.9. The van der Waals surface area contributed by atoms with Gasteiger partial charge in [-0.2, -0.15) is 8.42 Å². The van der Waals surface area contributed by atoms with Crippen LogP contribution in [-0.2, 0) is 16.6 Å². The first-order chi connectivity index (χ1) is 10.8. The molecule has 0 spiro atoms. The van der Waals surface area contributed by atoms with Crippen molar-refractivity contribution in [1.29, 1.82) is 0 Å². The normalized spacial score (nSPS) is 12.2. The molecule has 126 valence electrons. The summed E-state index contributed by atoms with van der Waals surface area (Å²) in [6.45, 7) is 6.43. The van der Waals surface area contributed by atoms with Crippen LogP contribution in [0.4, 0.5) is 0 Å². The molecule has 0 amide bonds. The topological polar surface area (TPSA) is 91.1 Å². The molecule has 1 aromatic heterocycles. The molecule has 7 heteroatoms. The third kappa shape index (κ3) is 4.63. The summed E-state index contributed by atoms with van der Waals surface area (Å²) in [7, 11) is -3.49. The van der Waals surface area contributed by atoms with E-state index in [0.717, 1.165) is 10.9 Å². The summed E-state index contributed by atoms with van der Waals surface area (Å²) in [5, 5.41) is 0.959. The van der Waals surface area contributed by atoms with Crippen LogP contribution in [0.25, 0.3) is 10.9 Å². The molecule has 0 unspecified atom stereocenters. The zero-order valence-electron chi connectivity index (χ0n) is 13.6. The van der Waals surface area contributed by atoms with Gasteiger partial charge < -0.3 is 4.98 Å². The molecule has 3 N–H and O–H groups in total. The second-order valence-corrected chi connectivity index (χ2v) is 7.35. The minimum absolute atomic E-state index is 0.174. The fourth-order valence-corrected chi connectivity index (χ4v) is 3.23. The molecule has 0 saturated heterocycles. The van der Waals surface area contributed by atoms with E-state index in [1.54, 1.807) is 6.92 Å². The van der Waals surface area contributed by atoms with Crippen molar-refractivity contribution < 1.29 is 8.42 Å². The molecule has 0 aliphatic heterocycles. The molecule has 0 saturated carbocycles. The lowest BCUT2D eigenvalue weighted by atomic mass is 10.0. The summed E-state index contributed by atoms with van der Waals surface area (Å²) in [6.07, 6.45) is 0.335. The molecule has 2 rings (SSSR count). The molecular formula is C16H23N3O3S. The Bertz CT molecular complexity index is 841. The van der Waals surface area contributed by atoms with Crippen LogP contribution in [0.2, 0.25) is 0 Å². The molecule has 0 fully saturated rings. The molecule has 1 aromatic carbocycles. The second-order valence-electron chi connectivity index (χ2n) is 5.77. The van der Waals surface area contributed by atoms with Crippen LogP contribution >= 0.6 is 0 Å². The summed E-state index contributed by atoms with van der Waals surface area (Å²) in [5.74, 6) is 0.404. The quantitative estimate of drug-likeness (QED) is 0.717. The molecule has 0 aliphatic rings. The maximum Gasteiger partial charge on any atom is 0.276 e. The van der Waals surface area contributed by atoms with E-state index in [4.69, 9.17) is 0 Å². The Morgan fingerprint density at radius 1 is 1.17 bits per heavy atom. The Kier molecular flexibility index (Phi) is 5.56. The summed E-state index contributed by atoms with van der Waals surface area (Å²) in [6, 6.07) is 7.81. The Labute approximate surface area is 136 Å². The fraction of sp³-hybridized carbons (Fsp3) is 0.438. The van der Waals surface area contributed by atoms with Gasteiger partial charge in [0.05, 0.1) is 0 Å². The van der Waals surface area contributed by atoms with Gasteiger partial charge in [0.2, 0.25) is 0 Å². The van der Waals surface area contributed by atoms with Crippen molar-refractivity contribution in [1.82, 2.24) is 14.4 Å². The Balaban J connectivity index is 2.20. The van der Waals surface area contributed by atoms with E-state index in [2.05, 4.69) is 34.3 Å². The number of benzene rings is 1. The lowest BCUT2D eigenvalue weighted by Gasteiger charge is -2.09. The van der Waals surface area contributed by atoms with Gasteiger partial charge in [-0.25, -0.2) is 9.44 Å². The summed E-state index contributed by atoms with van der Waals surface area (Å²) >= 11 is 0. The van der Waals surface area contributed by atoms with Gasteiger partial charge >= 0.3 is 0 Å². The third-order valence-electron chi connectivity index (χ3n) is 3.63. The first kappa shape index (κ1) is 17.7. The van der Waals surface area contributed by atoms with E-state index in [9.17, 15) is 13.2 Å². The van der Waals surface area contributed by atoms with E-state index < -0.39 is 10.2 Å². The summed E-state index contributed by atoms with van der Waals surface area (Å²) < 4.78 is 27.8. The molecular weight excluding hydrogens is 314 g/mol. The van der Waals surface area contributed by atoms with E-state index >= 15 is 0 Å². The average molecular weight is 337 g/mol. The minimum Gasteiger partial charge on any atom is -0.322 e. The number of rotatable bonds is 7. The van der Waals surface area contributed by atoms with Crippen molar-refractivity contribution in [3.8, 4) is 0 Å². The smallest absolute Gasteiger partial charge is 0.276 e. The highest BCUT2D eigenvalue weighted by Gasteiger charge is 2.09. The van der Waals surface area contributed by atoms with E-state index in [1.807, 2.05) is 18.2 Å². The monoisotopic (exact) mass is 337 g/mol. The molecule has 0 radical (unpaired) electrons. The lowest BCUT2D eigenvalue weighted by molar-refractivity contribution is 0.568. The molecule has 2 aromatic rings. The largest absolute Gasteiger partial charge is 0.322 e. The van der Waals surface area contributed by atoms with Crippen LogP contribution in [-0.4, -0.2) is 26.5 Å². The number of H-pyrrole nitrogens is 1. The van der Waals surface area contributed by atoms with E-state index in [-0.39, 0.29) is 12.1 Å². The summed E-state index contributed by atoms with van der Waals surface area (Å²) in [5.41, 5.74) is 2.37. The Morgan fingerprint density at radius 3 is 2.57 bits per heavy atom. The van der Waals surface area contributed by atoms with Crippen LogP contribution in [0, 0.1) is 0 Å². The standard InChI is InChI=1S/C16H23N3O3S/c1-4-17-23(21,22)18-8-7-13-10-14-9-12(11(2)3)5-6-15(14)19-16(13)20/h5-6,9-11,17-18H,4,7-8H2,1-3H3,(H,19,20). The third-order valence-corrected chi connectivity index (χ3v) is 4.89. The maximum atomic E-state index is 12.1. The zero-order chi connectivity index (χ0) is 17.0. The minimum atomic E-state index is -3.49. The average Bonchev–Trinajstić information content (AvgIpc) is 2.47. The predicted octanol–water partition coefficient (Wildman–Crippen LogP) is 1.64. The Morgan fingerprint density at radius 2 is 1.91 bits per heavy atom. The van der Waals surface area contributed by atoms with Gasteiger partial charge in [0.15, 0.2) is 0 Å².